The lowest BCUT2D eigenvalue weighted by atomic mass is 10.3. The molecule has 2 aromatic heterocycles. The first-order chi connectivity index (χ1) is 8.16. The van der Waals surface area contributed by atoms with Gasteiger partial charge in [0.05, 0.1) is 0 Å². The molecule has 0 aliphatic rings. The van der Waals surface area contributed by atoms with E-state index < -0.39 is 0 Å². The van der Waals surface area contributed by atoms with E-state index in [4.69, 9.17) is 5.73 Å². The Hall–Kier alpha value is -1.34. The molecule has 0 amide bonds. The molecule has 2 aromatic rings. The Balaban J connectivity index is 2.00. The number of thioether (sulfide) groups is 1. The van der Waals surface area contributed by atoms with Crippen LogP contribution < -0.4 is 10.6 Å². The Bertz CT molecular complexity index is 497. The molecule has 0 saturated carbocycles. The molecular formula is C10H13N5S2. The lowest BCUT2D eigenvalue weighted by Gasteiger charge is -2.04. The van der Waals surface area contributed by atoms with Gasteiger partial charge in [-0.1, -0.05) is 29.2 Å². The molecule has 0 radical (unpaired) electrons. The molecule has 0 bridgehead atoms. The summed E-state index contributed by atoms with van der Waals surface area (Å²) in [6.45, 7) is 0. The minimum absolute atomic E-state index is 0.581. The summed E-state index contributed by atoms with van der Waals surface area (Å²) < 4.78 is 0.942. The highest BCUT2D eigenvalue weighted by Crippen LogP contribution is 2.30. The van der Waals surface area contributed by atoms with Crippen LogP contribution in [-0.4, -0.2) is 29.3 Å². The summed E-state index contributed by atoms with van der Waals surface area (Å²) in [4.78, 5) is 5.99. The number of rotatable bonds is 4. The van der Waals surface area contributed by atoms with Crippen molar-refractivity contribution in [1.29, 1.82) is 0 Å². The number of aromatic nitrogens is 3. The summed E-state index contributed by atoms with van der Waals surface area (Å²) >= 11 is 3.20. The molecule has 0 aromatic carbocycles. The zero-order chi connectivity index (χ0) is 12.3. The molecule has 0 atom stereocenters. The maximum atomic E-state index is 5.77. The van der Waals surface area contributed by atoms with Crippen LogP contribution in [0, 0.1) is 0 Å². The molecule has 7 heteroatoms. The van der Waals surface area contributed by atoms with Gasteiger partial charge in [0.2, 0.25) is 5.13 Å². The van der Waals surface area contributed by atoms with Crippen LogP contribution in [0.5, 0.6) is 0 Å². The predicted molar refractivity (Wildman–Crippen MR) is 72.4 cm³/mol. The second-order valence-corrected chi connectivity index (χ2v) is 5.76. The maximum absolute atomic E-state index is 5.77. The van der Waals surface area contributed by atoms with Gasteiger partial charge in [-0.25, -0.2) is 4.98 Å². The van der Waals surface area contributed by atoms with Gasteiger partial charge in [0, 0.05) is 31.6 Å². The third kappa shape index (κ3) is 3.07. The first-order valence-corrected chi connectivity index (χ1v) is 6.80. The molecule has 0 fully saturated rings. The monoisotopic (exact) mass is 267 g/mol. The summed E-state index contributed by atoms with van der Waals surface area (Å²) in [6, 6.07) is 3.86. The number of hydrogen-bond acceptors (Lipinski definition) is 7. The fourth-order valence-electron chi connectivity index (χ4n) is 1.15. The Morgan fingerprint density at radius 3 is 2.88 bits per heavy atom. The second-order valence-electron chi connectivity index (χ2n) is 3.58. The van der Waals surface area contributed by atoms with Crippen molar-refractivity contribution in [3.05, 3.63) is 23.9 Å². The summed E-state index contributed by atoms with van der Waals surface area (Å²) in [6.07, 6.45) is 1.69. The molecule has 2 N–H and O–H groups in total. The SMILES string of the molecule is CN(C)c1nnc(SCc2cccnc2N)s1. The minimum Gasteiger partial charge on any atom is -0.383 e. The molecule has 2 heterocycles. The third-order valence-electron chi connectivity index (χ3n) is 2.06. The van der Waals surface area contributed by atoms with Gasteiger partial charge in [0.25, 0.3) is 0 Å². The van der Waals surface area contributed by atoms with E-state index in [0.717, 1.165) is 20.8 Å². The number of anilines is 2. The fraction of sp³-hybridized carbons (Fsp3) is 0.300. The van der Waals surface area contributed by atoms with Gasteiger partial charge < -0.3 is 10.6 Å². The van der Waals surface area contributed by atoms with E-state index >= 15 is 0 Å². The number of pyridine rings is 1. The van der Waals surface area contributed by atoms with Crippen molar-refractivity contribution in [3.63, 3.8) is 0 Å². The summed E-state index contributed by atoms with van der Waals surface area (Å²) in [5, 5.41) is 9.10. The first-order valence-electron chi connectivity index (χ1n) is 5.00. The Labute approximate surface area is 108 Å². The topological polar surface area (TPSA) is 67.9 Å². The molecule has 0 unspecified atom stereocenters. The number of nitrogens with two attached hydrogens (primary N) is 1. The molecule has 0 aliphatic carbocycles. The Morgan fingerprint density at radius 1 is 1.41 bits per heavy atom. The zero-order valence-electron chi connectivity index (χ0n) is 9.62. The quantitative estimate of drug-likeness (QED) is 0.853. The Morgan fingerprint density at radius 2 is 2.24 bits per heavy atom. The highest BCUT2D eigenvalue weighted by molar-refractivity contribution is 8.00. The van der Waals surface area contributed by atoms with Crippen LogP contribution in [0.25, 0.3) is 0 Å². The predicted octanol–water partition coefficient (Wildman–Crippen LogP) is 1.87. The minimum atomic E-state index is 0.581. The van der Waals surface area contributed by atoms with Gasteiger partial charge >= 0.3 is 0 Å². The molecule has 17 heavy (non-hydrogen) atoms. The summed E-state index contributed by atoms with van der Waals surface area (Å²) in [5.74, 6) is 1.35. The average Bonchev–Trinajstić information content (AvgIpc) is 2.77. The van der Waals surface area contributed by atoms with Crippen LogP contribution in [0.2, 0.25) is 0 Å². The van der Waals surface area contributed by atoms with E-state index in [1.54, 1.807) is 29.3 Å². The molecule has 2 rings (SSSR count). The number of nitrogen functional groups attached to an aromatic ring is 1. The average molecular weight is 267 g/mol. The molecule has 0 spiro atoms. The van der Waals surface area contributed by atoms with Crippen LogP contribution >= 0.6 is 23.1 Å². The summed E-state index contributed by atoms with van der Waals surface area (Å²) in [5.41, 5.74) is 6.80. The van der Waals surface area contributed by atoms with Gasteiger partial charge in [0.15, 0.2) is 4.34 Å². The molecule has 0 aliphatic heterocycles. The summed E-state index contributed by atoms with van der Waals surface area (Å²) in [7, 11) is 3.90. The molecule has 0 saturated heterocycles. The highest BCUT2D eigenvalue weighted by atomic mass is 32.2. The van der Waals surface area contributed by atoms with Crippen molar-refractivity contribution in [2.75, 3.05) is 24.7 Å². The lowest BCUT2D eigenvalue weighted by molar-refractivity contribution is 0.972. The second kappa shape index (κ2) is 5.33. The van der Waals surface area contributed by atoms with Crippen molar-refractivity contribution in [2.24, 2.45) is 0 Å². The third-order valence-corrected chi connectivity index (χ3v) is 4.33. The largest absolute Gasteiger partial charge is 0.383 e. The van der Waals surface area contributed by atoms with Crippen molar-refractivity contribution in [1.82, 2.24) is 15.2 Å². The number of hydrogen-bond donors (Lipinski definition) is 1. The van der Waals surface area contributed by atoms with E-state index in [-0.39, 0.29) is 0 Å². The van der Waals surface area contributed by atoms with Gasteiger partial charge in [0.1, 0.15) is 5.82 Å². The van der Waals surface area contributed by atoms with E-state index in [1.165, 1.54) is 0 Å². The first kappa shape index (κ1) is 12.1. The zero-order valence-corrected chi connectivity index (χ0v) is 11.3. The van der Waals surface area contributed by atoms with Crippen LogP contribution in [0.3, 0.4) is 0 Å². The Kier molecular flexibility index (Phi) is 3.80. The molecule has 90 valence electrons. The standard InChI is InChI=1S/C10H13N5S2/c1-15(2)9-13-14-10(17-9)16-6-7-4-3-5-12-8(7)11/h3-5H,6H2,1-2H3,(H2,11,12). The van der Waals surface area contributed by atoms with Crippen molar-refractivity contribution in [2.45, 2.75) is 10.1 Å². The molecule has 5 nitrogen and oxygen atoms in total. The van der Waals surface area contributed by atoms with Crippen LogP contribution in [0.15, 0.2) is 22.7 Å². The van der Waals surface area contributed by atoms with E-state index in [9.17, 15) is 0 Å². The number of nitrogens with zero attached hydrogens (tertiary/aromatic N) is 4. The van der Waals surface area contributed by atoms with Crippen LogP contribution in [0.4, 0.5) is 10.9 Å². The van der Waals surface area contributed by atoms with Crippen LogP contribution in [0.1, 0.15) is 5.56 Å². The van der Waals surface area contributed by atoms with Gasteiger partial charge in [-0.2, -0.15) is 0 Å². The maximum Gasteiger partial charge on any atom is 0.208 e. The molecular weight excluding hydrogens is 254 g/mol. The smallest absolute Gasteiger partial charge is 0.208 e. The van der Waals surface area contributed by atoms with E-state index in [0.29, 0.717) is 5.82 Å². The van der Waals surface area contributed by atoms with E-state index in [2.05, 4.69) is 15.2 Å². The lowest BCUT2D eigenvalue weighted by Crippen LogP contribution is -2.07. The fourth-order valence-corrected chi connectivity index (χ4v) is 2.91. The van der Waals surface area contributed by atoms with E-state index in [1.807, 2.05) is 31.1 Å². The normalized spacial score (nSPS) is 10.5. The van der Waals surface area contributed by atoms with Crippen molar-refractivity contribution >= 4 is 34.0 Å². The van der Waals surface area contributed by atoms with Gasteiger partial charge in [-0.15, -0.1) is 10.2 Å². The van der Waals surface area contributed by atoms with Gasteiger partial charge in [-0.3, -0.25) is 0 Å². The van der Waals surface area contributed by atoms with Crippen molar-refractivity contribution in [3.8, 4) is 0 Å². The highest BCUT2D eigenvalue weighted by Gasteiger charge is 2.07. The van der Waals surface area contributed by atoms with Gasteiger partial charge in [-0.05, 0) is 6.07 Å². The van der Waals surface area contributed by atoms with Crippen molar-refractivity contribution < 1.29 is 0 Å². The van der Waals surface area contributed by atoms with Crippen LogP contribution in [-0.2, 0) is 5.75 Å².